The molecule has 0 fully saturated rings. The molecular weight excluding hydrogens is 276 g/mol. The summed E-state index contributed by atoms with van der Waals surface area (Å²) in [7, 11) is 1.30. The van der Waals surface area contributed by atoms with Crippen molar-refractivity contribution in [3.63, 3.8) is 0 Å². The second-order valence-corrected chi connectivity index (χ2v) is 5.49. The van der Waals surface area contributed by atoms with E-state index in [0.29, 0.717) is 13.1 Å². The molecule has 0 aliphatic rings. The average Bonchev–Trinajstić information content (AvgIpc) is 2.84. The van der Waals surface area contributed by atoms with Crippen LogP contribution < -0.4 is 5.32 Å². The fraction of sp³-hybridized carbons (Fsp3) is 0.692. The van der Waals surface area contributed by atoms with Crippen molar-refractivity contribution < 1.29 is 19.1 Å². The lowest BCUT2D eigenvalue weighted by Crippen LogP contribution is -2.33. The van der Waals surface area contributed by atoms with Gasteiger partial charge in [-0.3, -0.25) is 4.68 Å². The first-order valence-electron chi connectivity index (χ1n) is 6.77. The number of unbranched alkanes of at least 4 members (excludes halogenated alkanes) is 1. The van der Waals surface area contributed by atoms with E-state index >= 15 is 0 Å². The number of aryl methyl sites for hydroxylation is 1. The summed E-state index contributed by atoms with van der Waals surface area (Å²) in [5.74, 6) is -0.507. The maximum Gasteiger partial charge on any atom is 0.407 e. The van der Waals surface area contributed by atoms with Gasteiger partial charge in [-0.25, -0.2) is 9.59 Å². The first kappa shape index (κ1) is 16.9. The van der Waals surface area contributed by atoms with Crippen molar-refractivity contribution in [2.75, 3.05) is 13.7 Å². The Morgan fingerprint density at radius 2 is 2.05 bits per heavy atom. The number of nitrogens with zero attached hydrogens (tertiary/aromatic N) is 3. The highest BCUT2D eigenvalue weighted by molar-refractivity contribution is 5.86. The van der Waals surface area contributed by atoms with Crippen LogP contribution in [0.5, 0.6) is 0 Å². The van der Waals surface area contributed by atoms with Crippen LogP contribution in [0.15, 0.2) is 6.20 Å². The molecule has 0 aromatic carbocycles. The Kier molecular flexibility index (Phi) is 6.13. The maximum atomic E-state index is 11.4. The van der Waals surface area contributed by atoms with Crippen LogP contribution in [0.1, 0.15) is 44.1 Å². The highest BCUT2D eigenvalue weighted by Crippen LogP contribution is 2.06. The summed E-state index contributed by atoms with van der Waals surface area (Å²) >= 11 is 0. The maximum absolute atomic E-state index is 11.4. The minimum Gasteiger partial charge on any atom is -0.464 e. The van der Waals surface area contributed by atoms with Crippen molar-refractivity contribution in [3.8, 4) is 0 Å². The molecule has 0 bridgehead atoms. The van der Waals surface area contributed by atoms with E-state index in [1.807, 2.05) is 20.8 Å². The third-order valence-corrected chi connectivity index (χ3v) is 2.42. The smallest absolute Gasteiger partial charge is 0.407 e. The number of rotatable bonds is 6. The molecule has 0 radical (unpaired) electrons. The van der Waals surface area contributed by atoms with E-state index in [-0.39, 0.29) is 5.69 Å². The monoisotopic (exact) mass is 298 g/mol. The number of carbonyl (C=O) groups excluding carboxylic acids is 2. The second-order valence-electron chi connectivity index (χ2n) is 5.49. The number of carbonyl (C=O) groups is 2. The molecule has 8 nitrogen and oxygen atoms in total. The van der Waals surface area contributed by atoms with Gasteiger partial charge in [0.1, 0.15) is 5.60 Å². The van der Waals surface area contributed by atoms with Gasteiger partial charge in [-0.05, 0) is 33.6 Å². The third-order valence-electron chi connectivity index (χ3n) is 2.42. The molecule has 0 unspecified atom stereocenters. The molecule has 0 saturated heterocycles. The van der Waals surface area contributed by atoms with E-state index in [1.54, 1.807) is 4.68 Å². The van der Waals surface area contributed by atoms with E-state index in [4.69, 9.17) is 4.74 Å². The van der Waals surface area contributed by atoms with Gasteiger partial charge in [0.05, 0.1) is 13.3 Å². The van der Waals surface area contributed by atoms with Crippen LogP contribution in [-0.4, -0.2) is 46.3 Å². The molecule has 21 heavy (non-hydrogen) atoms. The van der Waals surface area contributed by atoms with Gasteiger partial charge in [-0.1, -0.05) is 5.21 Å². The van der Waals surface area contributed by atoms with E-state index in [1.165, 1.54) is 13.3 Å². The number of alkyl carbamates (subject to hydrolysis) is 1. The van der Waals surface area contributed by atoms with Crippen LogP contribution in [0.3, 0.4) is 0 Å². The van der Waals surface area contributed by atoms with Gasteiger partial charge in [-0.2, -0.15) is 0 Å². The summed E-state index contributed by atoms with van der Waals surface area (Å²) < 4.78 is 11.2. The van der Waals surface area contributed by atoms with Crippen LogP contribution in [-0.2, 0) is 16.0 Å². The fourth-order valence-electron chi connectivity index (χ4n) is 1.51. The highest BCUT2D eigenvalue weighted by Gasteiger charge is 2.15. The van der Waals surface area contributed by atoms with Crippen LogP contribution in [0.25, 0.3) is 0 Å². The number of hydrogen-bond acceptors (Lipinski definition) is 6. The van der Waals surface area contributed by atoms with Gasteiger partial charge < -0.3 is 14.8 Å². The Labute approximate surface area is 123 Å². The summed E-state index contributed by atoms with van der Waals surface area (Å²) in [5.41, 5.74) is -0.306. The normalized spacial score (nSPS) is 11.0. The number of esters is 1. The molecule has 0 spiro atoms. The fourth-order valence-corrected chi connectivity index (χ4v) is 1.51. The van der Waals surface area contributed by atoms with E-state index in [2.05, 4.69) is 20.4 Å². The van der Waals surface area contributed by atoms with Crippen molar-refractivity contribution in [2.24, 2.45) is 0 Å². The highest BCUT2D eigenvalue weighted by atomic mass is 16.6. The predicted octanol–water partition coefficient (Wildman–Crippen LogP) is 1.37. The summed E-state index contributed by atoms with van der Waals surface area (Å²) in [6.45, 7) is 6.58. The van der Waals surface area contributed by atoms with Crippen LogP contribution in [0.2, 0.25) is 0 Å². The Morgan fingerprint density at radius 3 is 2.67 bits per heavy atom. The molecule has 1 N–H and O–H groups in total. The van der Waals surface area contributed by atoms with Crippen molar-refractivity contribution in [1.29, 1.82) is 0 Å². The number of amides is 1. The standard InChI is InChI=1S/C13H22N4O4/c1-13(2,3)21-12(19)14-7-5-6-8-17-9-10(15-16-17)11(18)20-4/h9H,5-8H2,1-4H3,(H,14,19). The minimum atomic E-state index is -0.507. The number of ether oxygens (including phenoxy) is 2. The lowest BCUT2D eigenvalue weighted by molar-refractivity contribution is 0.0525. The molecule has 0 aliphatic heterocycles. The number of nitrogens with one attached hydrogen (secondary N) is 1. The van der Waals surface area contributed by atoms with Gasteiger partial charge in [0.15, 0.2) is 5.69 Å². The Hall–Kier alpha value is -2.12. The van der Waals surface area contributed by atoms with Gasteiger partial charge in [0.2, 0.25) is 0 Å². The summed E-state index contributed by atoms with van der Waals surface area (Å²) in [6.07, 6.45) is 2.68. The third kappa shape index (κ3) is 6.73. The van der Waals surface area contributed by atoms with Gasteiger partial charge in [0.25, 0.3) is 0 Å². The molecule has 1 rings (SSSR count). The first-order valence-corrected chi connectivity index (χ1v) is 6.77. The topological polar surface area (TPSA) is 95.3 Å². The Morgan fingerprint density at radius 1 is 1.33 bits per heavy atom. The Bertz CT molecular complexity index is 479. The van der Waals surface area contributed by atoms with E-state index < -0.39 is 17.7 Å². The zero-order chi connectivity index (χ0) is 15.9. The second kappa shape index (κ2) is 7.61. The molecule has 1 aromatic heterocycles. The molecule has 0 atom stereocenters. The van der Waals surface area contributed by atoms with E-state index in [9.17, 15) is 9.59 Å². The molecule has 8 heteroatoms. The lowest BCUT2D eigenvalue weighted by Gasteiger charge is -2.19. The van der Waals surface area contributed by atoms with Gasteiger partial charge >= 0.3 is 12.1 Å². The molecule has 0 saturated carbocycles. The van der Waals surface area contributed by atoms with Crippen molar-refractivity contribution >= 4 is 12.1 Å². The molecular formula is C13H22N4O4. The summed E-state index contributed by atoms with van der Waals surface area (Å²) in [6, 6.07) is 0. The van der Waals surface area contributed by atoms with Crippen molar-refractivity contribution in [2.45, 2.75) is 45.8 Å². The van der Waals surface area contributed by atoms with E-state index in [0.717, 1.165) is 12.8 Å². The number of methoxy groups -OCH3 is 1. The largest absolute Gasteiger partial charge is 0.464 e. The zero-order valence-corrected chi connectivity index (χ0v) is 12.9. The molecule has 118 valence electrons. The number of aromatic nitrogens is 3. The summed E-state index contributed by atoms with van der Waals surface area (Å²) in [4.78, 5) is 22.6. The molecule has 1 heterocycles. The van der Waals surface area contributed by atoms with Crippen LogP contribution in [0.4, 0.5) is 4.79 Å². The van der Waals surface area contributed by atoms with Crippen LogP contribution >= 0.6 is 0 Å². The molecule has 1 amide bonds. The van der Waals surface area contributed by atoms with Gasteiger partial charge in [-0.15, -0.1) is 5.10 Å². The molecule has 0 aliphatic carbocycles. The quantitative estimate of drug-likeness (QED) is 0.629. The number of hydrogen-bond donors (Lipinski definition) is 1. The summed E-state index contributed by atoms with van der Waals surface area (Å²) in [5, 5.41) is 10.2. The SMILES string of the molecule is COC(=O)c1cn(CCCCNC(=O)OC(C)(C)C)nn1. The van der Waals surface area contributed by atoms with Crippen LogP contribution in [0, 0.1) is 0 Å². The minimum absolute atomic E-state index is 0.185. The molecule has 1 aromatic rings. The first-order chi connectivity index (χ1) is 9.81. The zero-order valence-electron chi connectivity index (χ0n) is 12.9. The van der Waals surface area contributed by atoms with Crippen molar-refractivity contribution in [1.82, 2.24) is 20.3 Å². The predicted molar refractivity (Wildman–Crippen MR) is 74.8 cm³/mol. The van der Waals surface area contributed by atoms with Crippen molar-refractivity contribution in [3.05, 3.63) is 11.9 Å². The average molecular weight is 298 g/mol. The lowest BCUT2D eigenvalue weighted by atomic mass is 10.2. The Balaban J connectivity index is 2.18. The van der Waals surface area contributed by atoms with Gasteiger partial charge in [0, 0.05) is 13.1 Å².